The first kappa shape index (κ1) is 13.5. The molecule has 0 spiro atoms. The molecular formula is C15H25N3. The second-order valence-corrected chi connectivity index (χ2v) is 5.71. The summed E-state index contributed by atoms with van der Waals surface area (Å²) in [5.41, 5.74) is 1.34. The summed E-state index contributed by atoms with van der Waals surface area (Å²) in [5.74, 6) is 0.707. The highest BCUT2D eigenvalue weighted by atomic mass is 15.2. The standard InChI is InChI=1S/C15H25N3/c1-12(2)15-11-18(13(3)9-17-15)8-6-14-5-4-7-16-10-14/h4-5,7,10,12-13,15,17H,6,8-9,11H2,1-3H3. The van der Waals surface area contributed by atoms with Crippen molar-refractivity contribution in [3.05, 3.63) is 30.1 Å². The molecule has 0 aliphatic carbocycles. The highest BCUT2D eigenvalue weighted by molar-refractivity contribution is 5.09. The Morgan fingerprint density at radius 3 is 3.00 bits per heavy atom. The van der Waals surface area contributed by atoms with E-state index in [1.54, 1.807) is 0 Å². The van der Waals surface area contributed by atoms with Gasteiger partial charge in [-0.2, -0.15) is 0 Å². The van der Waals surface area contributed by atoms with Crippen molar-refractivity contribution >= 4 is 0 Å². The normalized spacial score (nSPS) is 25.6. The highest BCUT2D eigenvalue weighted by Gasteiger charge is 2.26. The van der Waals surface area contributed by atoms with Gasteiger partial charge in [0.05, 0.1) is 0 Å². The molecule has 2 atom stereocenters. The van der Waals surface area contributed by atoms with E-state index in [1.165, 1.54) is 12.1 Å². The zero-order chi connectivity index (χ0) is 13.0. The average molecular weight is 247 g/mol. The van der Waals surface area contributed by atoms with Gasteiger partial charge in [0.1, 0.15) is 0 Å². The van der Waals surface area contributed by atoms with Crippen molar-refractivity contribution in [3.8, 4) is 0 Å². The van der Waals surface area contributed by atoms with E-state index < -0.39 is 0 Å². The van der Waals surface area contributed by atoms with Crippen molar-refractivity contribution in [2.75, 3.05) is 19.6 Å². The van der Waals surface area contributed by atoms with Crippen LogP contribution in [0.1, 0.15) is 26.3 Å². The smallest absolute Gasteiger partial charge is 0.0300 e. The van der Waals surface area contributed by atoms with Crippen LogP contribution < -0.4 is 5.32 Å². The molecule has 1 saturated heterocycles. The van der Waals surface area contributed by atoms with Crippen molar-refractivity contribution in [2.45, 2.75) is 39.3 Å². The Morgan fingerprint density at radius 1 is 1.50 bits per heavy atom. The number of nitrogens with zero attached hydrogens (tertiary/aromatic N) is 2. The lowest BCUT2D eigenvalue weighted by atomic mass is 9.99. The van der Waals surface area contributed by atoms with Gasteiger partial charge in [0, 0.05) is 44.1 Å². The SMILES string of the molecule is CC(C)C1CN(CCc2cccnc2)C(C)CN1. The maximum absolute atomic E-state index is 4.18. The lowest BCUT2D eigenvalue weighted by Crippen LogP contribution is -2.57. The zero-order valence-corrected chi connectivity index (χ0v) is 11.8. The minimum atomic E-state index is 0.634. The van der Waals surface area contributed by atoms with E-state index >= 15 is 0 Å². The number of nitrogens with one attached hydrogen (secondary N) is 1. The summed E-state index contributed by atoms with van der Waals surface area (Å²) in [5, 5.41) is 3.64. The van der Waals surface area contributed by atoms with Gasteiger partial charge in [0.2, 0.25) is 0 Å². The van der Waals surface area contributed by atoms with Crippen molar-refractivity contribution in [1.82, 2.24) is 15.2 Å². The summed E-state index contributed by atoms with van der Waals surface area (Å²) < 4.78 is 0. The van der Waals surface area contributed by atoms with Gasteiger partial charge in [0.15, 0.2) is 0 Å². The topological polar surface area (TPSA) is 28.2 Å². The summed E-state index contributed by atoms with van der Waals surface area (Å²) in [6.07, 6.45) is 4.92. The molecule has 0 aromatic carbocycles. The third-order valence-corrected chi connectivity index (χ3v) is 3.95. The molecule has 0 amide bonds. The molecular weight excluding hydrogens is 222 g/mol. The third-order valence-electron chi connectivity index (χ3n) is 3.95. The molecule has 2 rings (SSSR count). The second-order valence-electron chi connectivity index (χ2n) is 5.71. The van der Waals surface area contributed by atoms with Gasteiger partial charge in [-0.25, -0.2) is 0 Å². The van der Waals surface area contributed by atoms with E-state index in [9.17, 15) is 0 Å². The van der Waals surface area contributed by atoms with Crippen LogP contribution in [0, 0.1) is 5.92 Å². The van der Waals surface area contributed by atoms with Crippen LogP contribution in [0.2, 0.25) is 0 Å². The number of hydrogen-bond donors (Lipinski definition) is 1. The average Bonchev–Trinajstić information content (AvgIpc) is 2.38. The molecule has 1 N–H and O–H groups in total. The first-order valence-corrected chi connectivity index (χ1v) is 7.03. The van der Waals surface area contributed by atoms with E-state index in [-0.39, 0.29) is 0 Å². The van der Waals surface area contributed by atoms with Crippen LogP contribution in [0.3, 0.4) is 0 Å². The third kappa shape index (κ3) is 3.53. The van der Waals surface area contributed by atoms with E-state index in [0.717, 1.165) is 19.5 Å². The van der Waals surface area contributed by atoms with Gasteiger partial charge < -0.3 is 5.32 Å². The molecule has 1 aromatic heterocycles. The van der Waals surface area contributed by atoms with Crippen LogP contribution in [0.5, 0.6) is 0 Å². The Labute approximate surface area is 111 Å². The van der Waals surface area contributed by atoms with E-state index in [2.05, 4.69) is 42.0 Å². The van der Waals surface area contributed by atoms with Crippen LogP contribution in [0.25, 0.3) is 0 Å². The molecule has 18 heavy (non-hydrogen) atoms. The molecule has 1 aliphatic rings. The summed E-state index contributed by atoms with van der Waals surface area (Å²) in [6.45, 7) is 10.3. The number of pyridine rings is 1. The van der Waals surface area contributed by atoms with Crippen molar-refractivity contribution in [3.63, 3.8) is 0 Å². The largest absolute Gasteiger partial charge is 0.311 e. The molecule has 1 aromatic rings. The van der Waals surface area contributed by atoms with E-state index in [4.69, 9.17) is 0 Å². The monoisotopic (exact) mass is 247 g/mol. The molecule has 3 heteroatoms. The Morgan fingerprint density at radius 2 is 2.33 bits per heavy atom. The van der Waals surface area contributed by atoms with Crippen LogP contribution in [-0.2, 0) is 6.42 Å². The van der Waals surface area contributed by atoms with Crippen LogP contribution in [-0.4, -0.2) is 41.6 Å². The van der Waals surface area contributed by atoms with Crippen molar-refractivity contribution in [2.24, 2.45) is 5.92 Å². The van der Waals surface area contributed by atoms with Crippen molar-refractivity contribution < 1.29 is 0 Å². The first-order valence-electron chi connectivity index (χ1n) is 7.03. The summed E-state index contributed by atoms with van der Waals surface area (Å²) in [4.78, 5) is 6.79. The zero-order valence-electron chi connectivity index (χ0n) is 11.8. The van der Waals surface area contributed by atoms with Gasteiger partial charge in [-0.1, -0.05) is 19.9 Å². The predicted molar refractivity (Wildman–Crippen MR) is 75.6 cm³/mol. The maximum Gasteiger partial charge on any atom is 0.0300 e. The van der Waals surface area contributed by atoms with Gasteiger partial charge in [-0.15, -0.1) is 0 Å². The Balaban J connectivity index is 1.87. The number of aromatic nitrogens is 1. The quantitative estimate of drug-likeness (QED) is 0.881. The fourth-order valence-corrected chi connectivity index (χ4v) is 2.53. The minimum Gasteiger partial charge on any atom is -0.311 e. The first-order chi connectivity index (χ1) is 8.66. The fraction of sp³-hybridized carbons (Fsp3) is 0.667. The molecule has 1 aliphatic heterocycles. The molecule has 3 nitrogen and oxygen atoms in total. The van der Waals surface area contributed by atoms with Crippen LogP contribution in [0.15, 0.2) is 24.5 Å². The van der Waals surface area contributed by atoms with Gasteiger partial charge in [-0.05, 0) is 30.9 Å². The predicted octanol–water partition coefficient (Wildman–Crippen LogP) is 1.94. The van der Waals surface area contributed by atoms with Crippen molar-refractivity contribution in [1.29, 1.82) is 0 Å². The lowest BCUT2D eigenvalue weighted by Gasteiger charge is -2.40. The molecule has 2 unspecified atom stereocenters. The summed E-state index contributed by atoms with van der Waals surface area (Å²) in [6, 6.07) is 5.46. The van der Waals surface area contributed by atoms with Gasteiger partial charge in [0.25, 0.3) is 0 Å². The molecule has 0 radical (unpaired) electrons. The minimum absolute atomic E-state index is 0.634. The van der Waals surface area contributed by atoms with E-state index in [0.29, 0.717) is 18.0 Å². The molecule has 0 saturated carbocycles. The number of piperazine rings is 1. The fourth-order valence-electron chi connectivity index (χ4n) is 2.53. The van der Waals surface area contributed by atoms with Crippen LogP contribution >= 0.6 is 0 Å². The summed E-state index contributed by atoms with van der Waals surface area (Å²) >= 11 is 0. The molecule has 0 bridgehead atoms. The summed E-state index contributed by atoms with van der Waals surface area (Å²) in [7, 11) is 0. The number of hydrogen-bond acceptors (Lipinski definition) is 3. The van der Waals surface area contributed by atoms with Gasteiger partial charge >= 0.3 is 0 Å². The molecule has 1 fully saturated rings. The Bertz CT molecular complexity index is 350. The van der Waals surface area contributed by atoms with Gasteiger partial charge in [-0.3, -0.25) is 9.88 Å². The molecule has 2 heterocycles. The van der Waals surface area contributed by atoms with Crippen LogP contribution in [0.4, 0.5) is 0 Å². The molecule has 100 valence electrons. The second kappa shape index (κ2) is 6.30. The Hall–Kier alpha value is -0.930. The number of rotatable bonds is 4. The van der Waals surface area contributed by atoms with E-state index in [1.807, 2.05) is 18.5 Å². The lowest BCUT2D eigenvalue weighted by molar-refractivity contribution is 0.124. The Kier molecular flexibility index (Phi) is 4.72. The highest BCUT2D eigenvalue weighted by Crippen LogP contribution is 2.13. The maximum atomic E-state index is 4.18.